The van der Waals surface area contributed by atoms with Gasteiger partial charge in [0.15, 0.2) is 0 Å². The normalized spacial score (nSPS) is 12.1. The Morgan fingerprint density at radius 2 is 1.02 bits per heavy atom. The van der Waals surface area contributed by atoms with Gasteiger partial charge in [0.1, 0.15) is 11.2 Å². The van der Waals surface area contributed by atoms with E-state index in [1.54, 1.807) is 0 Å². The Bertz CT molecular complexity index is 2750. The van der Waals surface area contributed by atoms with E-state index in [0.717, 1.165) is 39.0 Å². The Hall–Kier alpha value is -6.12. The molecular formula is C47H33NO. The van der Waals surface area contributed by atoms with Crippen molar-refractivity contribution in [1.82, 2.24) is 0 Å². The molecule has 0 aliphatic heterocycles. The van der Waals surface area contributed by atoms with E-state index in [1.807, 2.05) is 12.1 Å². The van der Waals surface area contributed by atoms with Crippen molar-refractivity contribution in [3.05, 3.63) is 163 Å². The molecule has 0 bridgehead atoms. The molecule has 1 aliphatic carbocycles. The molecule has 9 aromatic rings. The molecule has 0 fully saturated rings. The lowest BCUT2D eigenvalue weighted by Gasteiger charge is -2.28. The summed E-state index contributed by atoms with van der Waals surface area (Å²) in [7, 11) is 0. The van der Waals surface area contributed by atoms with Crippen LogP contribution >= 0.6 is 0 Å². The van der Waals surface area contributed by atoms with Gasteiger partial charge in [-0.1, -0.05) is 92.7 Å². The summed E-state index contributed by atoms with van der Waals surface area (Å²) in [5.74, 6) is 0.426. The fourth-order valence-electron chi connectivity index (χ4n) is 7.68. The van der Waals surface area contributed by atoms with Crippen LogP contribution in [-0.2, 0) is 0 Å². The molecule has 10 rings (SSSR count). The van der Waals surface area contributed by atoms with Crippen LogP contribution in [0, 0.1) is 0 Å². The van der Waals surface area contributed by atoms with Gasteiger partial charge in [-0.25, -0.2) is 0 Å². The largest absolute Gasteiger partial charge is 0.456 e. The third-order valence-electron chi connectivity index (χ3n) is 10.3. The summed E-state index contributed by atoms with van der Waals surface area (Å²) < 4.78 is 6.35. The van der Waals surface area contributed by atoms with Crippen LogP contribution in [0.1, 0.15) is 25.3 Å². The number of nitrogens with zero attached hydrogens (tertiary/aromatic N) is 1. The SMILES string of the molecule is CC(C)c1cccc(N(c2ccc3cc4c(cc3c2)-c2cc3cc(-c5ccccc5)ccc3cc2-4)c2ccc3c(c2)oc2ccccc23)c1. The van der Waals surface area contributed by atoms with Crippen LogP contribution in [-0.4, -0.2) is 0 Å². The van der Waals surface area contributed by atoms with Crippen molar-refractivity contribution in [2.24, 2.45) is 0 Å². The van der Waals surface area contributed by atoms with Gasteiger partial charge in [-0.15, -0.1) is 0 Å². The fraction of sp³-hybridized carbons (Fsp3) is 0.0638. The van der Waals surface area contributed by atoms with Gasteiger partial charge in [0.05, 0.1) is 0 Å². The number of hydrogen-bond donors (Lipinski definition) is 0. The summed E-state index contributed by atoms with van der Waals surface area (Å²) in [6, 6.07) is 57.6. The van der Waals surface area contributed by atoms with Crippen LogP contribution in [0.2, 0.25) is 0 Å². The molecule has 0 spiro atoms. The minimum Gasteiger partial charge on any atom is -0.456 e. The Labute approximate surface area is 285 Å². The highest BCUT2D eigenvalue weighted by atomic mass is 16.3. The van der Waals surface area contributed by atoms with Gasteiger partial charge >= 0.3 is 0 Å². The maximum Gasteiger partial charge on any atom is 0.137 e. The molecule has 49 heavy (non-hydrogen) atoms. The number of fused-ring (bicyclic) bond motifs is 9. The maximum atomic E-state index is 6.35. The first-order chi connectivity index (χ1) is 24.1. The van der Waals surface area contributed by atoms with Crippen LogP contribution in [0.4, 0.5) is 17.1 Å². The summed E-state index contributed by atoms with van der Waals surface area (Å²) in [6.07, 6.45) is 0. The predicted octanol–water partition coefficient (Wildman–Crippen LogP) is 13.8. The van der Waals surface area contributed by atoms with Crippen molar-refractivity contribution in [3.8, 4) is 33.4 Å². The molecule has 2 heteroatoms. The number of hydrogen-bond acceptors (Lipinski definition) is 2. The Morgan fingerprint density at radius 1 is 0.408 bits per heavy atom. The first-order valence-corrected chi connectivity index (χ1v) is 17.1. The quantitative estimate of drug-likeness (QED) is 0.189. The molecule has 0 N–H and O–H groups in total. The zero-order valence-electron chi connectivity index (χ0n) is 27.4. The molecule has 1 heterocycles. The van der Waals surface area contributed by atoms with E-state index >= 15 is 0 Å². The second-order valence-corrected chi connectivity index (χ2v) is 13.6. The van der Waals surface area contributed by atoms with Crippen molar-refractivity contribution < 1.29 is 4.42 Å². The second kappa shape index (κ2) is 10.7. The highest BCUT2D eigenvalue weighted by molar-refractivity contribution is 6.12. The number of furan rings is 1. The Kier molecular flexibility index (Phi) is 6.10. The van der Waals surface area contributed by atoms with E-state index in [-0.39, 0.29) is 0 Å². The van der Waals surface area contributed by atoms with Crippen LogP contribution in [0.3, 0.4) is 0 Å². The van der Waals surface area contributed by atoms with Crippen molar-refractivity contribution in [3.63, 3.8) is 0 Å². The Balaban J connectivity index is 1.10. The monoisotopic (exact) mass is 627 g/mol. The molecule has 0 radical (unpaired) electrons. The predicted molar refractivity (Wildman–Crippen MR) is 207 cm³/mol. The first kappa shape index (κ1) is 27.9. The topological polar surface area (TPSA) is 16.4 Å². The summed E-state index contributed by atoms with van der Waals surface area (Å²) >= 11 is 0. The Morgan fingerprint density at radius 3 is 1.80 bits per heavy atom. The van der Waals surface area contributed by atoms with Crippen LogP contribution in [0.15, 0.2) is 162 Å². The van der Waals surface area contributed by atoms with E-state index in [9.17, 15) is 0 Å². The molecule has 232 valence electrons. The van der Waals surface area contributed by atoms with E-state index < -0.39 is 0 Å². The van der Waals surface area contributed by atoms with E-state index in [1.165, 1.54) is 60.5 Å². The third-order valence-corrected chi connectivity index (χ3v) is 10.3. The molecule has 1 aliphatic rings. The molecule has 1 aromatic heterocycles. The summed E-state index contributed by atoms with van der Waals surface area (Å²) in [5, 5.41) is 7.31. The molecule has 2 nitrogen and oxygen atoms in total. The van der Waals surface area contributed by atoms with Crippen molar-refractivity contribution in [2.45, 2.75) is 19.8 Å². The highest BCUT2D eigenvalue weighted by Crippen LogP contribution is 2.51. The number of anilines is 3. The van der Waals surface area contributed by atoms with Gasteiger partial charge in [-0.2, -0.15) is 0 Å². The standard InChI is InChI=1S/C47H33NO/c1-29(2)31-11-8-12-37(22-31)48(39-19-20-41-40-13-6-7-14-46(40)49-47(41)28-39)38-18-17-34-25-43-42-24-33-16-15-32(30-9-4-3-5-10-30)21-35(33)26-44(42)45(43)27-36(34)23-38/h3-29H,1-2H3. The summed E-state index contributed by atoms with van der Waals surface area (Å²) in [5.41, 5.74) is 14.3. The lowest BCUT2D eigenvalue weighted by Crippen LogP contribution is -2.10. The van der Waals surface area contributed by atoms with Gasteiger partial charge in [0, 0.05) is 33.9 Å². The van der Waals surface area contributed by atoms with Gasteiger partial charge in [0.25, 0.3) is 0 Å². The van der Waals surface area contributed by atoms with E-state index in [2.05, 4.69) is 164 Å². The molecule has 0 saturated carbocycles. The number of benzene rings is 8. The minimum absolute atomic E-state index is 0.426. The van der Waals surface area contributed by atoms with Crippen molar-refractivity contribution in [2.75, 3.05) is 4.90 Å². The van der Waals surface area contributed by atoms with Crippen LogP contribution in [0.5, 0.6) is 0 Å². The molecule has 0 saturated heterocycles. The maximum absolute atomic E-state index is 6.35. The lowest BCUT2D eigenvalue weighted by molar-refractivity contribution is 0.669. The second-order valence-electron chi connectivity index (χ2n) is 13.6. The average molecular weight is 628 g/mol. The number of para-hydroxylation sites is 1. The molecule has 0 amide bonds. The van der Waals surface area contributed by atoms with Crippen LogP contribution < -0.4 is 4.90 Å². The summed E-state index contributed by atoms with van der Waals surface area (Å²) in [6.45, 7) is 4.50. The smallest absolute Gasteiger partial charge is 0.137 e. The molecular weight excluding hydrogens is 595 g/mol. The zero-order chi connectivity index (χ0) is 32.6. The van der Waals surface area contributed by atoms with Crippen LogP contribution in [0.25, 0.3) is 76.9 Å². The van der Waals surface area contributed by atoms with Crippen molar-refractivity contribution >= 4 is 60.5 Å². The zero-order valence-corrected chi connectivity index (χ0v) is 27.4. The third kappa shape index (κ3) is 4.48. The lowest BCUT2D eigenvalue weighted by atomic mass is 9.77. The fourth-order valence-corrected chi connectivity index (χ4v) is 7.68. The van der Waals surface area contributed by atoms with Gasteiger partial charge in [0.2, 0.25) is 0 Å². The number of rotatable bonds is 5. The minimum atomic E-state index is 0.426. The van der Waals surface area contributed by atoms with Gasteiger partial charge < -0.3 is 9.32 Å². The average Bonchev–Trinajstić information content (AvgIpc) is 3.52. The molecule has 0 atom stereocenters. The van der Waals surface area contributed by atoms with E-state index in [0.29, 0.717) is 5.92 Å². The summed E-state index contributed by atoms with van der Waals surface area (Å²) in [4.78, 5) is 2.36. The molecule has 8 aromatic carbocycles. The van der Waals surface area contributed by atoms with Crippen molar-refractivity contribution in [1.29, 1.82) is 0 Å². The van der Waals surface area contributed by atoms with Gasteiger partial charge in [-0.3, -0.25) is 0 Å². The van der Waals surface area contributed by atoms with E-state index in [4.69, 9.17) is 4.42 Å². The highest BCUT2D eigenvalue weighted by Gasteiger charge is 2.24. The van der Waals surface area contributed by atoms with Gasteiger partial charge in [-0.05, 0) is 139 Å². The molecule has 0 unspecified atom stereocenters. The first-order valence-electron chi connectivity index (χ1n) is 17.1.